The van der Waals surface area contributed by atoms with Gasteiger partial charge in [0.2, 0.25) is 0 Å². The van der Waals surface area contributed by atoms with Crippen molar-refractivity contribution in [2.24, 2.45) is 0 Å². The fourth-order valence-corrected chi connectivity index (χ4v) is 6.10. The zero-order chi connectivity index (χ0) is 30.0. The number of fused-ring (bicyclic) bond motifs is 2. The third-order valence-corrected chi connectivity index (χ3v) is 8.48. The molecule has 1 aliphatic rings. The number of carbonyl (C=O) groups is 1. The van der Waals surface area contributed by atoms with Gasteiger partial charge >= 0.3 is 0 Å². The summed E-state index contributed by atoms with van der Waals surface area (Å²) in [7, 11) is 0. The van der Waals surface area contributed by atoms with Gasteiger partial charge in [-0.25, -0.2) is 9.97 Å². The third kappa shape index (κ3) is 5.36. The van der Waals surface area contributed by atoms with E-state index in [0.717, 1.165) is 81.7 Å². The number of nitrogens with zero attached hydrogens (tertiary/aromatic N) is 5. The number of likely N-dealkylation sites (tertiary alicyclic amines) is 1. The fourth-order valence-electron chi connectivity index (χ4n) is 6.10. The van der Waals surface area contributed by atoms with Crippen molar-refractivity contribution in [3.8, 4) is 11.1 Å². The molecule has 5 heterocycles. The second-order valence-electron chi connectivity index (χ2n) is 11.4. The second kappa shape index (κ2) is 11.8. The molecular formula is C36H33N7O. The highest BCUT2D eigenvalue weighted by Gasteiger charge is 2.16. The van der Waals surface area contributed by atoms with Crippen molar-refractivity contribution in [1.82, 2.24) is 24.8 Å². The van der Waals surface area contributed by atoms with Crippen LogP contribution in [0.25, 0.3) is 32.9 Å². The first-order chi connectivity index (χ1) is 21.6. The van der Waals surface area contributed by atoms with Crippen LogP contribution in [0.15, 0.2) is 85.5 Å². The molecule has 8 heteroatoms. The standard InChI is InChI=1S/C36H33N7O/c1-23-29(30-8-6-10-32(24(30)2)42-36-34-28(12-14-38-36)18-26(22-44)20-40-34)7-5-9-31(23)41-35-33-27(11-13-37-35)17-25(19-39-33)21-43-15-3-4-16-43/h5-14,17-20,22H,3-4,15-16,21H2,1-2H3,(H,37,41)(H,38,42). The van der Waals surface area contributed by atoms with Gasteiger partial charge < -0.3 is 10.6 Å². The molecule has 0 saturated carbocycles. The Labute approximate surface area is 256 Å². The van der Waals surface area contributed by atoms with Crippen LogP contribution in [0.1, 0.15) is 39.9 Å². The quantitative estimate of drug-likeness (QED) is 0.177. The Morgan fingerprint density at radius 1 is 0.727 bits per heavy atom. The Morgan fingerprint density at radius 3 is 1.89 bits per heavy atom. The van der Waals surface area contributed by atoms with Gasteiger partial charge in [0.15, 0.2) is 17.9 Å². The summed E-state index contributed by atoms with van der Waals surface area (Å²) in [5.41, 5.74) is 9.70. The number of carbonyl (C=O) groups excluding carboxylic acids is 1. The lowest BCUT2D eigenvalue weighted by atomic mass is 9.94. The molecule has 8 nitrogen and oxygen atoms in total. The van der Waals surface area contributed by atoms with E-state index in [1.807, 2.05) is 42.7 Å². The van der Waals surface area contributed by atoms with Crippen LogP contribution in [0.2, 0.25) is 0 Å². The topological polar surface area (TPSA) is 95.9 Å². The summed E-state index contributed by atoms with van der Waals surface area (Å²) in [6, 6.07) is 20.5. The summed E-state index contributed by atoms with van der Waals surface area (Å²) in [5, 5.41) is 9.00. The maximum Gasteiger partial charge on any atom is 0.156 e. The Hall–Kier alpha value is -5.21. The molecule has 1 fully saturated rings. The number of benzene rings is 2. The molecule has 7 rings (SSSR count). The predicted molar refractivity (Wildman–Crippen MR) is 177 cm³/mol. The SMILES string of the molecule is Cc1c(Nc2nccc3cc(C=O)cnc23)cccc1-c1cccc(Nc2nccc3cc(CN4CCCC4)cnc23)c1C. The number of hydrogen-bond acceptors (Lipinski definition) is 8. The molecule has 1 aliphatic heterocycles. The van der Waals surface area contributed by atoms with Crippen molar-refractivity contribution in [3.05, 3.63) is 108 Å². The Balaban J connectivity index is 1.18. The van der Waals surface area contributed by atoms with E-state index in [-0.39, 0.29) is 0 Å². The highest BCUT2D eigenvalue weighted by molar-refractivity contribution is 5.94. The summed E-state index contributed by atoms with van der Waals surface area (Å²) in [5.74, 6) is 1.39. The zero-order valence-corrected chi connectivity index (χ0v) is 24.8. The molecule has 2 N–H and O–H groups in total. The number of hydrogen-bond donors (Lipinski definition) is 2. The summed E-state index contributed by atoms with van der Waals surface area (Å²) in [6.45, 7) is 7.50. The summed E-state index contributed by atoms with van der Waals surface area (Å²) >= 11 is 0. The van der Waals surface area contributed by atoms with Gasteiger partial charge in [-0.1, -0.05) is 24.3 Å². The van der Waals surface area contributed by atoms with E-state index in [2.05, 4.69) is 74.7 Å². The van der Waals surface area contributed by atoms with Crippen LogP contribution >= 0.6 is 0 Å². The van der Waals surface area contributed by atoms with Crippen LogP contribution in [-0.2, 0) is 6.54 Å². The number of aromatic nitrogens is 4. The maximum absolute atomic E-state index is 11.2. The molecule has 0 spiro atoms. The number of pyridine rings is 4. The minimum absolute atomic E-state index is 0.536. The Kier molecular flexibility index (Phi) is 7.42. The lowest BCUT2D eigenvalue weighted by molar-refractivity contribution is 0.112. The average Bonchev–Trinajstić information content (AvgIpc) is 3.56. The molecular weight excluding hydrogens is 546 g/mol. The first kappa shape index (κ1) is 27.6. The zero-order valence-electron chi connectivity index (χ0n) is 24.8. The minimum atomic E-state index is 0.536. The van der Waals surface area contributed by atoms with E-state index in [9.17, 15) is 4.79 Å². The Bertz CT molecular complexity index is 2020. The lowest BCUT2D eigenvalue weighted by Gasteiger charge is -2.18. The van der Waals surface area contributed by atoms with Crippen LogP contribution < -0.4 is 10.6 Å². The Morgan fingerprint density at radius 2 is 1.30 bits per heavy atom. The fraction of sp³-hybridized carbons (Fsp3) is 0.194. The van der Waals surface area contributed by atoms with Gasteiger partial charge in [0.1, 0.15) is 11.0 Å². The van der Waals surface area contributed by atoms with Crippen molar-refractivity contribution >= 4 is 51.1 Å². The normalized spacial score (nSPS) is 13.4. The van der Waals surface area contributed by atoms with E-state index in [4.69, 9.17) is 4.98 Å². The van der Waals surface area contributed by atoms with Crippen LogP contribution in [-0.4, -0.2) is 44.2 Å². The van der Waals surface area contributed by atoms with E-state index in [1.165, 1.54) is 18.4 Å². The number of nitrogens with one attached hydrogen (secondary N) is 2. The van der Waals surface area contributed by atoms with Crippen molar-refractivity contribution in [2.45, 2.75) is 33.2 Å². The monoisotopic (exact) mass is 579 g/mol. The van der Waals surface area contributed by atoms with Gasteiger partial charge in [0.25, 0.3) is 0 Å². The highest BCUT2D eigenvalue weighted by atomic mass is 16.1. The molecule has 0 amide bonds. The molecule has 0 radical (unpaired) electrons. The molecule has 6 aromatic rings. The molecule has 2 aromatic carbocycles. The van der Waals surface area contributed by atoms with Gasteiger partial charge in [-0.3, -0.25) is 19.7 Å². The minimum Gasteiger partial charge on any atom is -0.338 e. The number of anilines is 4. The summed E-state index contributed by atoms with van der Waals surface area (Å²) < 4.78 is 0. The second-order valence-corrected chi connectivity index (χ2v) is 11.4. The highest BCUT2D eigenvalue weighted by Crippen LogP contribution is 2.36. The van der Waals surface area contributed by atoms with Crippen molar-refractivity contribution in [1.29, 1.82) is 0 Å². The van der Waals surface area contributed by atoms with E-state index >= 15 is 0 Å². The van der Waals surface area contributed by atoms with Crippen LogP contribution in [0.4, 0.5) is 23.0 Å². The summed E-state index contributed by atoms with van der Waals surface area (Å²) in [4.78, 5) is 32.3. The van der Waals surface area contributed by atoms with Gasteiger partial charge in [0.05, 0.1) is 0 Å². The van der Waals surface area contributed by atoms with Crippen molar-refractivity contribution in [2.75, 3.05) is 23.7 Å². The molecule has 0 bridgehead atoms. The molecule has 0 aliphatic carbocycles. The number of aldehydes is 1. The van der Waals surface area contributed by atoms with E-state index in [0.29, 0.717) is 16.9 Å². The molecule has 4 aromatic heterocycles. The van der Waals surface area contributed by atoms with Gasteiger partial charge in [-0.2, -0.15) is 0 Å². The lowest BCUT2D eigenvalue weighted by Crippen LogP contribution is -2.18. The largest absolute Gasteiger partial charge is 0.338 e. The van der Waals surface area contributed by atoms with Gasteiger partial charge in [0, 0.05) is 59.0 Å². The number of rotatable bonds is 8. The third-order valence-electron chi connectivity index (χ3n) is 8.48. The molecule has 44 heavy (non-hydrogen) atoms. The van der Waals surface area contributed by atoms with Crippen molar-refractivity contribution < 1.29 is 4.79 Å². The maximum atomic E-state index is 11.2. The van der Waals surface area contributed by atoms with Gasteiger partial charge in [-0.05, 0) is 104 Å². The average molecular weight is 580 g/mol. The molecule has 0 unspecified atom stereocenters. The first-order valence-corrected chi connectivity index (χ1v) is 15.0. The van der Waals surface area contributed by atoms with Crippen LogP contribution in [0.5, 0.6) is 0 Å². The first-order valence-electron chi connectivity index (χ1n) is 15.0. The van der Waals surface area contributed by atoms with Crippen LogP contribution in [0.3, 0.4) is 0 Å². The van der Waals surface area contributed by atoms with E-state index < -0.39 is 0 Å². The molecule has 218 valence electrons. The summed E-state index contributed by atoms with van der Waals surface area (Å²) in [6.07, 6.45) is 10.5. The van der Waals surface area contributed by atoms with E-state index in [1.54, 1.807) is 12.4 Å². The smallest absolute Gasteiger partial charge is 0.156 e. The molecule has 1 saturated heterocycles. The van der Waals surface area contributed by atoms with Crippen LogP contribution in [0, 0.1) is 13.8 Å². The van der Waals surface area contributed by atoms with Gasteiger partial charge in [-0.15, -0.1) is 0 Å². The molecule has 0 atom stereocenters. The van der Waals surface area contributed by atoms with Crippen molar-refractivity contribution in [3.63, 3.8) is 0 Å². The predicted octanol–water partition coefficient (Wildman–Crippen LogP) is 7.75.